The van der Waals surface area contributed by atoms with E-state index >= 15 is 0 Å². The fourth-order valence-electron chi connectivity index (χ4n) is 10.3. The molecule has 4 aliphatic rings. The lowest BCUT2D eigenvalue weighted by Gasteiger charge is -2.61. The standard InChI is InChI=1S/C37H54O13/c1-17-19-9-10-24-34(5)14-21(40)31(37(8,47)25(41)11-12-33(3,4)50-18(2)39)35(34,6)15-26(42)36(24,7)20(19)13-22(27(17)43)48-32-30(46)29(45)28(44)23(16-38)49-32/h13,21,23-24,28-32,38,40,43-47H,9-12,14-16H2,1-8H3/t21-,23-,24+,28-,29+,30-,31?,32?,34+,35-,36+,37+/m1/s1. The molecule has 1 heterocycles. The van der Waals surface area contributed by atoms with Crippen molar-refractivity contribution in [2.24, 2.45) is 22.7 Å². The Morgan fingerprint density at radius 3 is 2.28 bits per heavy atom. The number of fused-ring (bicyclic) bond motifs is 5. The van der Waals surface area contributed by atoms with Crippen molar-refractivity contribution in [2.75, 3.05) is 6.61 Å². The van der Waals surface area contributed by atoms with Crippen molar-refractivity contribution in [3.05, 3.63) is 22.8 Å². The van der Waals surface area contributed by atoms with Gasteiger partial charge in [0.15, 0.2) is 17.3 Å². The number of esters is 1. The number of ether oxygens (including phenoxy) is 3. The average molecular weight is 707 g/mol. The molecule has 12 atom stereocenters. The van der Waals surface area contributed by atoms with E-state index in [0.717, 1.165) is 5.56 Å². The molecular weight excluding hydrogens is 652 g/mol. The first-order valence-electron chi connectivity index (χ1n) is 17.5. The summed E-state index contributed by atoms with van der Waals surface area (Å²) < 4.78 is 16.8. The molecule has 7 N–H and O–H groups in total. The molecule has 3 fully saturated rings. The zero-order chi connectivity index (χ0) is 37.5. The lowest BCUT2D eigenvalue weighted by atomic mass is 9.41. The van der Waals surface area contributed by atoms with Gasteiger partial charge in [-0.25, -0.2) is 0 Å². The highest BCUT2D eigenvalue weighted by Gasteiger charge is 2.73. The van der Waals surface area contributed by atoms with Gasteiger partial charge in [0.2, 0.25) is 6.29 Å². The Morgan fingerprint density at radius 2 is 1.68 bits per heavy atom. The van der Waals surface area contributed by atoms with E-state index in [1.807, 2.05) is 20.8 Å². The first-order valence-corrected chi connectivity index (χ1v) is 17.5. The van der Waals surface area contributed by atoms with Gasteiger partial charge in [0.05, 0.1) is 18.1 Å². The van der Waals surface area contributed by atoms with Gasteiger partial charge in [-0.1, -0.05) is 13.8 Å². The Morgan fingerprint density at radius 1 is 1.04 bits per heavy atom. The Bertz CT molecular complexity index is 1540. The second kappa shape index (κ2) is 12.8. The highest BCUT2D eigenvalue weighted by Crippen LogP contribution is 2.72. The summed E-state index contributed by atoms with van der Waals surface area (Å²) in [4.78, 5) is 39.9. The molecular formula is C37H54O13. The summed E-state index contributed by atoms with van der Waals surface area (Å²) in [6.07, 6.45) is -7.67. The zero-order valence-corrected chi connectivity index (χ0v) is 30.2. The summed E-state index contributed by atoms with van der Waals surface area (Å²) in [6.45, 7) is 12.8. The monoisotopic (exact) mass is 706 g/mol. The molecule has 1 saturated heterocycles. The first-order chi connectivity index (χ1) is 23.0. The van der Waals surface area contributed by atoms with Crippen LogP contribution in [-0.4, -0.2) is 108 Å². The van der Waals surface area contributed by atoms with Crippen LogP contribution in [0.15, 0.2) is 6.07 Å². The van der Waals surface area contributed by atoms with Crippen LogP contribution in [0.3, 0.4) is 0 Å². The van der Waals surface area contributed by atoms with Crippen LogP contribution < -0.4 is 4.74 Å². The number of carbonyl (C=O) groups excluding carboxylic acids is 3. The van der Waals surface area contributed by atoms with Gasteiger partial charge in [-0.2, -0.15) is 0 Å². The van der Waals surface area contributed by atoms with Gasteiger partial charge in [-0.05, 0) is 99.8 Å². The number of aliphatic hydroxyl groups is 6. The van der Waals surface area contributed by atoms with Crippen molar-refractivity contribution in [2.45, 2.75) is 147 Å². The van der Waals surface area contributed by atoms with Gasteiger partial charge in [-0.15, -0.1) is 0 Å². The van der Waals surface area contributed by atoms with Crippen molar-refractivity contribution >= 4 is 17.5 Å². The number of hydrogen-bond acceptors (Lipinski definition) is 13. The molecule has 0 spiro atoms. The number of ketones is 2. The number of hydrogen-bond donors (Lipinski definition) is 7. The molecule has 13 nitrogen and oxygen atoms in total. The van der Waals surface area contributed by atoms with Gasteiger partial charge in [0, 0.05) is 25.7 Å². The van der Waals surface area contributed by atoms with E-state index in [0.29, 0.717) is 24.0 Å². The van der Waals surface area contributed by atoms with Crippen LogP contribution >= 0.6 is 0 Å². The maximum absolute atomic E-state index is 14.7. The Kier molecular flexibility index (Phi) is 9.86. The second-order valence-corrected chi connectivity index (χ2v) is 16.6. The molecule has 1 aromatic rings. The van der Waals surface area contributed by atoms with Crippen LogP contribution in [0.25, 0.3) is 0 Å². The molecule has 3 aliphatic carbocycles. The summed E-state index contributed by atoms with van der Waals surface area (Å²) in [5.41, 5.74) is -3.97. The van der Waals surface area contributed by atoms with Crippen molar-refractivity contribution in [1.29, 1.82) is 0 Å². The summed E-state index contributed by atoms with van der Waals surface area (Å²) in [7, 11) is 0. The quantitative estimate of drug-likeness (QED) is 0.181. The highest BCUT2D eigenvalue weighted by molar-refractivity contribution is 5.94. The number of aromatic hydroxyl groups is 1. The third kappa shape index (κ3) is 5.77. The number of benzene rings is 1. The summed E-state index contributed by atoms with van der Waals surface area (Å²) in [5, 5.41) is 75.7. The Balaban J connectivity index is 1.49. The van der Waals surface area contributed by atoms with Gasteiger partial charge in [0.1, 0.15) is 41.4 Å². The number of carbonyl (C=O) groups is 3. The topological polar surface area (TPSA) is 221 Å². The molecule has 280 valence electrons. The summed E-state index contributed by atoms with van der Waals surface area (Å²) in [6, 6.07) is 1.54. The fourth-order valence-corrected chi connectivity index (χ4v) is 10.3. The number of phenols is 1. The van der Waals surface area contributed by atoms with Crippen LogP contribution in [0.2, 0.25) is 0 Å². The Hall–Kier alpha value is -2.65. The molecule has 1 aromatic carbocycles. The zero-order valence-electron chi connectivity index (χ0n) is 30.2. The van der Waals surface area contributed by atoms with Crippen molar-refractivity contribution < 1.29 is 64.3 Å². The van der Waals surface area contributed by atoms with E-state index in [1.165, 1.54) is 13.8 Å². The SMILES string of the molecule is CC(=O)OC(C)(C)CCC(=O)[C@](C)(O)C1[C@H](O)C[C@@]2(C)[C@@H]3CCc4c(cc(OC5O[C@H](CO)[C@@H](O)[C@H](O)[C@H]5O)c(O)c4C)[C@]3(C)C(=O)C[C@]12C. The molecule has 50 heavy (non-hydrogen) atoms. The van der Waals surface area contributed by atoms with E-state index < -0.39 is 88.5 Å². The van der Waals surface area contributed by atoms with Crippen LogP contribution in [-0.2, 0) is 35.7 Å². The second-order valence-electron chi connectivity index (χ2n) is 16.6. The number of aliphatic hydroxyl groups excluding tert-OH is 5. The maximum atomic E-state index is 14.7. The molecule has 5 rings (SSSR count). The third-order valence-corrected chi connectivity index (χ3v) is 13.1. The molecule has 1 aliphatic heterocycles. The minimum Gasteiger partial charge on any atom is -0.504 e. The number of Topliss-reactive ketones (excluding diaryl/α,β-unsaturated/α-hetero) is 2. The van der Waals surface area contributed by atoms with E-state index in [2.05, 4.69) is 0 Å². The first kappa shape index (κ1) is 38.6. The Labute approximate surface area is 292 Å². The fraction of sp³-hybridized carbons (Fsp3) is 0.757. The van der Waals surface area contributed by atoms with E-state index in [1.54, 1.807) is 26.8 Å². The smallest absolute Gasteiger partial charge is 0.303 e. The lowest BCUT2D eigenvalue weighted by molar-refractivity contribution is -0.277. The van der Waals surface area contributed by atoms with Crippen molar-refractivity contribution in [3.8, 4) is 11.5 Å². The van der Waals surface area contributed by atoms with E-state index in [4.69, 9.17) is 14.2 Å². The van der Waals surface area contributed by atoms with Gasteiger partial charge in [0.25, 0.3) is 0 Å². The minimum absolute atomic E-state index is 0.0527. The molecule has 2 unspecified atom stereocenters. The van der Waals surface area contributed by atoms with Gasteiger partial charge >= 0.3 is 5.97 Å². The molecule has 0 bridgehead atoms. The van der Waals surface area contributed by atoms with Crippen molar-refractivity contribution in [1.82, 2.24) is 0 Å². The molecule has 0 amide bonds. The number of rotatable bonds is 9. The number of phenolic OH excluding ortho intramolecular Hbond substituents is 1. The molecule has 13 heteroatoms. The normalized spacial score (nSPS) is 39.5. The van der Waals surface area contributed by atoms with Gasteiger partial charge in [-0.3, -0.25) is 14.4 Å². The highest BCUT2D eigenvalue weighted by atomic mass is 16.7. The predicted octanol–water partition coefficient (Wildman–Crippen LogP) is 1.51. The summed E-state index contributed by atoms with van der Waals surface area (Å²) in [5.74, 6) is -2.84. The largest absolute Gasteiger partial charge is 0.504 e. The van der Waals surface area contributed by atoms with Crippen LogP contribution in [0.4, 0.5) is 0 Å². The lowest BCUT2D eigenvalue weighted by Crippen LogP contribution is -2.63. The molecule has 0 aromatic heterocycles. The molecule has 0 radical (unpaired) electrons. The maximum Gasteiger partial charge on any atom is 0.303 e. The third-order valence-electron chi connectivity index (χ3n) is 13.1. The van der Waals surface area contributed by atoms with Crippen molar-refractivity contribution in [3.63, 3.8) is 0 Å². The minimum atomic E-state index is -1.99. The van der Waals surface area contributed by atoms with E-state index in [-0.39, 0.29) is 48.9 Å². The predicted molar refractivity (Wildman–Crippen MR) is 177 cm³/mol. The van der Waals surface area contributed by atoms with Crippen LogP contribution in [0.5, 0.6) is 11.5 Å². The molecule has 2 saturated carbocycles. The summed E-state index contributed by atoms with van der Waals surface area (Å²) >= 11 is 0. The average Bonchev–Trinajstić information content (AvgIpc) is 3.22. The van der Waals surface area contributed by atoms with Gasteiger partial charge < -0.3 is 50.0 Å². The van der Waals surface area contributed by atoms with Crippen LogP contribution in [0, 0.1) is 29.6 Å². The van der Waals surface area contributed by atoms with E-state index in [9.17, 15) is 50.1 Å². The van der Waals surface area contributed by atoms with Crippen LogP contribution in [0.1, 0.15) is 97.3 Å².